The van der Waals surface area contributed by atoms with Crippen LogP contribution in [0.5, 0.6) is 5.75 Å². The van der Waals surface area contributed by atoms with Crippen molar-refractivity contribution < 1.29 is 14.6 Å². The van der Waals surface area contributed by atoms with E-state index in [2.05, 4.69) is 10.3 Å². The van der Waals surface area contributed by atoms with Crippen molar-refractivity contribution in [1.82, 2.24) is 9.55 Å². The zero-order chi connectivity index (χ0) is 20.3. The molecular weight excluding hydrogens is 378 g/mol. The molecule has 1 amide bonds. The van der Waals surface area contributed by atoms with Gasteiger partial charge in [-0.3, -0.25) is 14.2 Å². The van der Waals surface area contributed by atoms with Gasteiger partial charge in [-0.05, 0) is 61.5 Å². The topological polar surface area (TPSA) is 96.3 Å². The summed E-state index contributed by atoms with van der Waals surface area (Å²) in [5.74, 6) is -0.405. The Bertz CT molecular complexity index is 1150. The van der Waals surface area contributed by atoms with E-state index >= 15 is 0 Å². The Labute approximate surface area is 166 Å². The Morgan fingerprint density at radius 2 is 2.07 bits per heavy atom. The highest BCUT2D eigenvalue weighted by atomic mass is 32.1. The number of fused-ring (bicyclic) bond motifs is 1. The summed E-state index contributed by atoms with van der Waals surface area (Å²) in [6, 6.07) is 9.74. The third kappa shape index (κ3) is 4.13. The van der Waals surface area contributed by atoms with E-state index in [-0.39, 0.29) is 11.3 Å². The lowest BCUT2D eigenvalue weighted by Crippen LogP contribution is -2.23. The zero-order valence-electron chi connectivity index (χ0n) is 15.6. The Morgan fingerprint density at radius 3 is 2.79 bits per heavy atom. The number of carbonyl (C=O) groups is 1. The smallest absolute Gasteiger partial charge is 0.262 e. The summed E-state index contributed by atoms with van der Waals surface area (Å²) in [7, 11) is 1.60. The lowest BCUT2D eigenvalue weighted by atomic mass is 10.1. The maximum Gasteiger partial charge on any atom is 0.262 e. The van der Waals surface area contributed by atoms with Crippen molar-refractivity contribution in [3.05, 3.63) is 62.6 Å². The minimum absolute atomic E-state index is 0.00695. The maximum absolute atomic E-state index is 12.7. The molecule has 0 atom stereocenters. The molecule has 2 aromatic carbocycles. The number of aromatic nitrogens is 2. The van der Waals surface area contributed by atoms with Gasteiger partial charge in [0, 0.05) is 25.8 Å². The minimum Gasteiger partial charge on any atom is -0.506 e. The molecule has 0 aliphatic carbocycles. The standard InChI is InChI=1S/C20H21N3O4S/c1-12-4-7-15(17(24)10-12)21-18(25)13-5-6-14-16(11-13)22-20(28)23(19(14)26)8-3-9-27-2/h4-7,10-11,24H,3,8-9H2,1-2H3,(H,21,25)(H,22,28). The van der Waals surface area contributed by atoms with Gasteiger partial charge >= 0.3 is 0 Å². The molecule has 3 rings (SSSR count). The molecule has 0 radical (unpaired) electrons. The van der Waals surface area contributed by atoms with Gasteiger partial charge in [-0.1, -0.05) is 6.07 Å². The van der Waals surface area contributed by atoms with Gasteiger partial charge in [0.15, 0.2) is 4.77 Å². The molecule has 0 bridgehead atoms. The van der Waals surface area contributed by atoms with Crippen molar-refractivity contribution in [3.8, 4) is 5.75 Å². The zero-order valence-corrected chi connectivity index (χ0v) is 16.4. The molecule has 0 aliphatic heterocycles. The molecule has 1 aromatic heterocycles. The SMILES string of the molecule is COCCCn1c(=S)[nH]c2cc(C(=O)Nc3ccc(C)cc3O)ccc2c1=O. The summed E-state index contributed by atoms with van der Waals surface area (Å²) in [5, 5.41) is 13.1. The summed E-state index contributed by atoms with van der Waals surface area (Å²) < 4.78 is 6.80. The summed E-state index contributed by atoms with van der Waals surface area (Å²) in [5.41, 5.74) is 1.82. The number of anilines is 1. The number of carbonyl (C=O) groups excluding carboxylic acids is 1. The maximum atomic E-state index is 12.7. The first kappa shape index (κ1) is 19.8. The van der Waals surface area contributed by atoms with Crippen LogP contribution in [-0.2, 0) is 11.3 Å². The van der Waals surface area contributed by atoms with Crippen molar-refractivity contribution in [2.75, 3.05) is 19.0 Å². The molecule has 0 fully saturated rings. The number of aryl methyl sites for hydroxylation is 1. The van der Waals surface area contributed by atoms with Crippen molar-refractivity contribution in [2.45, 2.75) is 19.9 Å². The second-order valence-corrected chi connectivity index (χ2v) is 6.86. The highest BCUT2D eigenvalue weighted by Gasteiger charge is 2.12. The van der Waals surface area contributed by atoms with E-state index in [9.17, 15) is 14.7 Å². The molecule has 0 spiro atoms. The monoisotopic (exact) mass is 399 g/mol. The number of nitrogens with one attached hydrogen (secondary N) is 2. The Morgan fingerprint density at radius 1 is 1.29 bits per heavy atom. The van der Waals surface area contributed by atoms with Crippen LogP contribution >= 0.6 is 12.2 Å². The summed E-state index contributed by atoms with van der Waals surface area (Å²) in [4.78, 5) is 28.3. The molecule has 28 heavy (non-hydrogen) atoms. The Balaban J connectivity index is 1.91. The van der Waals surface area contributed by atoms with E-state index in [1.165, 1.54) is 4.57 Å². The van der Waals surface area contributed by atoms with Crippen LogP contribution in [0, 0.1) is 11.7 Å². The van der Waals surface area contributed by atoms with Crippen LogP contribution in [-0.4, -0.2) is 34.3 Å². The molecule has 1 heterocycles. The van der Waals surface area contributed by atoms with Crippen molar-refractivity contribution in [3.63, 3.8) is 0 Å². The first-order chi connectivity index (χ1) is 13.4. The molecule has 3 aromatic rings. The molecule has 146 valence electrons. The Hall–Kier alpha value is -2.97. The first-order valence-electron chi connectivity index (χ1n) is 8.77. The number of hydrogen-bond donors (Lipinski definition) is 3. The van der Waals surface area contributed by atoms with Crippen LogP contribution in [0.25, 0.3) is 10.9 Å². The number of phenols is 1. The van der Waals surface area contributed by atoms with Crippen LogP contribution in [0.1, 0.15) is 22.3 Å². The van der Waals surface area contributed by atoms with E-state index in [0.29, 0.717) is 46.5 Å². The second kappa shape index (κ2) is 8.37. The number of amides is 1. The van der Waals surface area contributed by atoms with Gasteiger partial charge in [0.2, 0.25) is 0 Å². The normalized spacial score (nSPS) is 10.9. The molecule has 0 saturated heterocycles. The second-order valence-electron chi connectivity index (χ2n) is 6.47. The number of aromatic hydroxyl groups is 1. The summed E-state index contributed by atoms with van der Waals surface area (Å²) in [6.45, 7) is 2.83. The van der Waals surface area contributed by atoms with Gasteiger partial charge in [-0.2, -0.15) is 0 Å². The molecule has 0 saturated carbocycles. The largest absolute Gasteiger partial charge is 0.506 e. The highest BCUT2D eigenvalue weighted by Crippen LogP contribution is 2.24. The van der Waals surface area contributed by atoms with E-state index in [1.54, 1.807) is 43.5 Å². The average molecular weight is 399 g/mol. The minimum atomic E-state index is -0.398. The van der Waals surface area contributed by atoms with Gasteiger partial charge in [-0.15, -0.1) is 0 Å². The van der Waals surface area contributed by atoms with E-state index in [1.807, 2.05) is 6.92 Å². The molecular formula is C20H21N3O4S. The number of nitrogens with zero attached hydrogens (tertiary/aromatic N) is 1. The molecule has 3 N–H and O–H groups in total. The average Bonchev–Trinajstić information content (AvgIpc) is 2.66. The molecule has 0 unspecified atom stereocenters. The van der Waals surface area contributed by atoms with Gasteiger partial charge in [0.05, 0.1) is 16.6 Å². The highest BCUT2D eigenvalue weighted by molar-refractivity contribution is 7.71. The third-order valence-corrected chi connectivity index (χ3v) is 4.70. The lowest BCUT2D eigenvalue weighted by Gasteiger charge is -2.10. The summed E-state index contributed by atoms with van der Waals surface area (Å²) >= 11 is 5.29. The lowest BCUT2D eigenvalue weighted by molar-refractivity contribution is 0.102. The fraction of sp³-hybridized carbons (Fsp3) is 0.250. The fourth-order valence-corrected chi connectivity index (χ4v) is 3.19. The number of benzene rings is 2. The summed E-state index contributed by atoms with van der Waals surface area (Å²) in [6.07, 6.45) is 0.667. The molecule has 7 nitrogen and oxygen atoms in total. The number of H-pyrrole nitrogens is 1. The fourth-order valence-electron chi connectivity index (χ4n) is 2.91. The Kier molecular flexibility index (Phi) is 5.91. The predicted octanol–water partition coefficient (Wildman–Crippen LogP) is 3.36. The van der Waals surface area contributed by atoms with Crippen molar-refractivity contribution in [1.29, 1.82) is 0 Å². The third-order valence-electron chi connectivity index (χ3n) is 4.38. The number of aromatic amines is 1. The van der Waals surface area contributed by atoms with E-state index < -0.39 is 5.91 Å². The number of rotatable bonds is 6. The van der Waals surface area contributed by atoms with Crippen LogP contribution in [0.2, 0.25) is 0 Å². The van der Waals surface area contributed by atoms with Crippen LogP contribution in [0.15, 0.2) is 41.2 Å². The number of hydrogen-bond acceptors (Lipinski definition) is 5. The van der Waals surface area contributed by atoms with E-state index in [4.69, 9.17) is 17.0 Å². The predicted molar refractivity (Wildman–Crippen MR) is 111 cm³/mol. The van der Waals surface area contributed by atoms with Gasteiger partial charge in [0.1, 0.15) is 5.75 Å². The number of ether oxygens (including phenoxy) is 1. The van der Waals surface area contributed by atoms with Gasteiger partial charge < -0.3 is 20.1 Å². The van der Waals surface area contributed by atoms with Gasteiger partial charge in [0.25, 0.3) is 11.5 Å². The van der Waals surface area contributed by atoms with Crippen molar-refractivity contribution in [2.24, 2.45) is 0 Å². The van der Waals surface area contributed by atoms with Crippen LogP contribution in [0.3, 0.4) is 0 Å². The number of methoxy groups -OCH3 is 1. The van der Waals surface area contributed by atoms with Crippen molar-refractivity contribution >= 4 is 34.7 Å². The quantitative estimate of drug-likeness (QED) is 0.336. The molecule has 0 aliphatic rings. The van der Waals surface area contributed by atoms with Crippen LogP contribution in [0.4, 0.5) is 5.69 Å². The first-order valence-corrected chi connectivity index (χ1v) is 9.18. The van der Waals surface area contributed by atoms with E-state index in [0.717, 1.165) is 5.56 Å². The number of phenolic OH excluding ortho intramolecular Hbond substituents is 1. The molecule has 8 heteroatoms. The van der Waals surface area contributed by atoms with Crippen LogP contribution < -0.4 is 10.9 Å². The van der Waals surface area contributed by atoms with Gasteiger partial charge in [-0.25, -0.2) is 0 Å².